The van der Waals surface area contributed by atoms with E-state index in [4.69, 9.17) is 4.74 Å². The largest absolute Gasteiger partial charge is 0.434 e. The van der Waals surface area contributed by atoms with Gasteiger partial charge >= 0.3 is 6.61 Å². The first-order chi connectivity index (χ1) is 11.0. The van der Waals surface area contributed by atoms with Crippen LogP contribution in [-0.2, 0) is 9.53 Å². The lowest BCUT2D eigenvalue weighted by molar-refractivity contribution is -0.128. The zero-order valence-corrected chi connectivity index (χ0v) is 14.3. The molecule has 0 N–H and O–H groups in total. The number of methoxy groups -OCH3 is 1. The summed E-state index contributed by atoms with van der Waals surface area (Å²) < 4.78 is 35.3. The molecule has 1 aliphatic rings. The molecule has 1 aliphatic heterocycles. The Balaban J connectivity index is 2.04. The highest BCUT2D eigenvalue weighted by Gasteiger charge is 2.21. The summed E-state index contributed by atoms with van der Waals surface area (Å²) in [5.41, 5.74) is 0.416. The molecule has 0 bridgehead atoms. The summed E-state index contributed by atoms with van der Waals surface area (Å²) in [5, 5.41) is 0. The number of carbonyl (C=O) groups is 1. The lowest BCUT2D eigenvalue weighted by atomic mass is 10.1. The summed E-state index contributed by atoms with van der Waals surface area (Å²) in [4.78, 5) is 13.9. The monoisotopic (exact) mass is 389 g/mol. The molecular formula is C16H18BrF2NO3. The van der Waals surface area contributed by atoms with Gasteiger partial charge in [0.05, 0.1) is 6.10 Å². The van der Waals surface area contributed by atoms with Crippen LogP contribution in [0.3, 0.4) is 0 Å². The van der Waals surface area contributed by atoms with Gasteiger partial charge in [-0.15, -0.1) is 0 Å². The fraction of sp³-hybridized carbons (Fsp3) is 0.438. The third-order valence-electron chi connectivity index (χ3n) is 3.68. The number of ether oxygens (including phenoxy) is 2. The van der Waals surface area contributed by atoms with Crippen molar-refractivity contribution >= 4 is 27.9 Å². The van der Waals surface area contributed by atoms with Crippen LogP contribution in [0.5, 0.6) is 5.75 Å². The number of hydrogen-bond acceptors (Lipinski definition) is 3. The van der Waals surface area contributed by atoms with Crippen LogP contribution in [0.25, 0.3) is 6.08 Å². The lowest BCUT2D eigenvalue weighted by Crippen LogP contribution is -2.39. The maximum absolute atomic E-state index is 12.4. The number of rotatable bonds is 5. The van der Waals surface area contributed by atoms with Crippen LogP contribution in [0.15, 0.2) is 28.7 Å². The summed E-state index contributed by atoms with van der Waals surface area (Å²) in [5.74, 6) is -0.118. The molecule has 1 heterocycles. The molecule has 1 aromatic rings. The van der Waals surface area contributed by atoms with Crippen LogP contribution in [-0.4, -0.2) is 43.7 Å². The van der Waals surface area contributed by atoms with Crippen molar-refractivity contribution in [2.45, 2.75) is 25.6 Å². The van der Waals surface area contributed by atoms with Crippen LogP contribution in [0.4, 0.5) is 8.78 Å². The van der Waals surface area contributed by atoms with Crippen LogP contribution >= 0.6 is 15.9 Å². The van der Waals surface area contributed by atoms with Gasteiger partial charge in [0.1, 0.15) is 5.75 Å². The van der Waals surface area contributed by atoms with Gasteiger partial charge in [-0.1, -0.05) is 15.9 Å². The molecule has 1 amide bonds. The number of benzene rings is 1. The number of alkyl halides is 2. The first-order valence-corrected chi connectivity index (χ1v) is 8.03. The van der Waals surface area contributed by atoms with E-state index in [9.17, 15) is 13.6 Å². The van der Waals surface area contributed by atoms with E-state index in [2.05, 4.69) is 20.7 Å². The molecule has 23 heavy (non-hydrogen) atoms. The maximum atomic E-state index is 12.4. The molecule has 7 heteroatoms. The molecule has 1 aromatic carbocycles. The number of amides is 1. The Labute approximate surface area is 142 Å². The van der Waals surface area contributed by atoms with E-state index in [1.54, 1.807) is 24.1 Å². The third-order valence-corrected chi connectivity index (χ3v) is 4.17. The van der Waals surface area contributed by atoms with Gasteiger partial charge < -0.3 is 14.4 Å². The molecule has 126 valence electrons. The fourth-order valence-electron chi connectivity index (χ4n) is 2.43. The van der Waals surface area contributed by atoms with Crippen molar-refractivity contribution in [2.24, 2.45) is 0 Å². The number of nitrogens with zero attached hydrogens (tertiary/aromatic N) is 1. The Kier molecular flexibility index (Phi) is 6.53. The molecule has 0 atom stereocenters. The second-order valence-electron chi connectivity index (χ2n) is 5.15. The van der Waals surface area contributed by atoms with Gasteiger partial charge in [-0.3, -0.25) is 4.79 Å². The number of halogens is 3. The molecule has 0 saturated carbocycles. The number of piperidine rings is 1. The van der Waals surface area contributed by atoms with E-state index in [0.717, 1.165) is 12.8 Å². The van der Waals surface area contributed by atoms with Crippen molar-refractivity contribution in [1.29, 1.82) is 0 Å². The molecular weight excluding hydrogens is 372 g/mol. The molecule has 1 fully saturated rings. The van der Waals surface area contributed by atoms with Crippen molar-refractivity contribution < 1.29 is 23.0 Å². The fourth-order valence-corrected chi connectivity index (χ4v) is 2.81. The van der Waals surface area contributed by atoms with Gasteiger partial charge in [-0.05, 0) is 37.1 Å². The summed E-state index contributed by atoms with van der Waals surface area (Å²) >= 11 is 3.27. The number of carbonyl (C=O) groups excluding carboxylic acids is 1. The van der Waals surface area contributed by atoms with Crippen LogP contribution in [0.2, 0.25) is 0 Å². The SMILES string of the molecule is COC1CCN(C(=O)/C=C/c2cc(Br)ccc2OC(F)F)CC1. The van der Waals surface area contributed by atoms with Crippen LogP contribution < -0.4 is 4.74 Å². The van der Waals surface area contributed by atoms with Crippen LogP contribution in [0, 0.1) is 0 Å². The molecule has 4 nitrogen and oxygen atoms in total. The predicted molar refractivity (Wildman–Crippen MR) is 86.4 cm³/mol. The normalized spacial score (nSPS) is 16.3. The van der Waals surface area contributed by atoms with Gasteiger partial charge in [-0.2, -0.15) is 8.78 Å². The van der Waals surface area contributed by atoms with E-state index in [-0.39, 0.29) is 17.8 Å². The molecule has 0 aliphatic carbocycles. The van der Waals surface area contributed by atoms with E-state index in [1.165, 1.54) is 18.2 Å². The number of likely N-dealkylation sites (tertiary alicyclic amines) is 1. The molecule has 0 unspecified atom stereocenters. The Morgan fingerprint density at radius 3 is 2.70 bits per heavy atom. The average Bonchev–Trinajstić information content (AvgIpc) is 2.54. The summed E-state index contributed by atoms with van der Waals surface area (Å²) in [6.07, 6.45) is 4.67. The minimum atomic E-state index is -2.91. The minimum Gasteiger partial charge on any atom is -0.434 e. The average molecular weight is 390 g/mol. The standard InChI is InChI=1S/C16H18BrF2NO3/c1-22-13-6-8-20(9-7-13)15(21)5-2-11-10-12(17)3-4-14(11)23-16(18)19/h2-5,10,13,16H,6-9H2,1H3/b5-2+. The highest BCUT2D eigenvalue weighted by Crippen LogP contribution is 2.26. The lowest BCUT2D eigenvalue weighted by Gasteiger charge is -2.30. The van der Waals surface area contributed by atoms with Gasteiger partial charge in [0.2, 0.25) is 5.91 Å². The van der Waals surface area contributed by atoms with Crippen molar-refractivity contribution in [2.75, 3.05) is 20.2 Å². The van der Waals surface area contributed by atoms with Gasteiger partial charge in [-0.25, -0.2) is 0 Å². The van der Waals surface area contributed by atoms with Gasteiger partial charge in [0, 0.05) is 36.3 Å². The van der Waals surface area contributed by atoms with Gasteiger partial charge in [0.15, 0.2) is 0 Å². The molecule has 2 rings (SSSR count). The predicted octanol–water partition coefficient (Wildman–Crippen LogP) is 3.70. The molecule has 0 spiro atoms. The number of hydrogen-bond donors (Lipinski definition) is 0. The molecule has 0 radical (unpaired) electrons. The second kappa shape index (κ2) is 8.40. The minimum absolute atomic E-state index is 0.0327. The highest BCUT2D eigenvalue weighted by molar-refractivity contribution is 9.10. The zero-order valence-electron chi connectivity index (χ0n) is 12.7. The summed E-state index contributed by atoms with van der Waals surface area (Å²) in [6, 6.07) is 4.66. The first-order valence-electron chi connectivity index (χ1n) is 7.23. The quantitative estimate of drug-likeness (QED) is 0.720. The third kappa shape index (κ3) is 5.28. The van der Waals surface area contributed by atoms with E-state index in [1.807, 2.05) is 0 Å². The maximum Gasteiger partial charge on any atom is 0.387 e. The molecule has 1 saturated heterocycles. The first kappa shape index (κ1) is 17.9. The van der Waals surface area contributed by atoms with E-state index < -0.39 is 6.61 Å². The van der Waals surface area contributed by atoms with Crippen molar-refractivity contribution in [3.05, 3.63) is 34.3 Å². The van der Waals surface area contributed by atoms with Crippen molar-refractivity contribution in [3.8, 4) is 5.75 Å². The van der Waals surface area contributed by atoms with Gasteiger partial charge in [0.25, 0.3) is 0 Å². The highest BCUT2D eigenvalue weighted by atomic mass is 79.9. The smallest absolute Gasteiger partial charge is 0.387 e. The Bertz CT molecular complexity index is 572. The second-order valence-corrected chi connectivity index (χ2v) is 6.07. The zero-order chi connectivity index (χ0) is 16.8. The van der Waals surface area contributed by atoms with E-state index >= 15 is 0 Å². The summed E-state index contributed by atoms with van der Waals surface area (Å²) in [7, 11) is 1.67. The Hall–Kier alpha value is -1.47. The summed E-state index contributed by atoms with van der Waals surface area (Å²) in [6.45, 7) is -1.66. The van der Waals surface area contributed by atoms with Crippen molar-refractivity contribution in [1.82, 2.24) is 4.90 Å². The molecule has 0 aromatic heterocycles. The topological polar surface area (TPSA) is 38.8 Å². The van der Waals surface area contributed by atoms with Crippen LogP contribution in [0.1, 0.15) is 18.4 Å². The van der Waals surface area contributed by atoms with E-state index in [0.29, 0.717) is 23.1 Å². The Morgan fingerprint density at radius 1 is 1.39 bits per heavy atom. The van der Waals surface area contributed by atoms with Crippen molar-refractivity contribution in [3.63, 3.8) is 0 Å². The Morgan fingerprint density at radius 2 is 2.09 bits per heavy atom.